The van der Waals surface area contributed by atoms with Gasteiger partial charge >= 0.3 is 6.09 Å². The Hall–Kier alpha value is -0.420. The molecule has 5 heteroatoms. The van der Waals surface area contributed by atoms with Crippen molar-refractivity contribution in [3.8, 4) is 0 Å². The van der Waals surface area contributed by atoms with Crippen molar-refractivity contribution in [1.82, 2.24) is 5.32 Å². The normalized spacial score (nSPS) is 25.3. The van der Waals surface area contributed by atoms with Crippen LogP contribution in [0.4, 0.5) is 4.79 Å². The smallest absolute Gasteiger partial charge is 0.407 e. The molecule has 0 aromatic rings. The first-order valence-electron chi connectivity index (χ1n) is 6.58. The molecule has 1 saturated heterocycles. The summed E-state index contributed by atoms with van der Waals surface area (Å²) in [5.74, 6) is 2.87. The topological polar surface area (TPSA) is 58.6 Å². The Balaban J connectivity index is 2.37. The van der Waals surface area contributed by atoms with E-state index in [0.29, 0.717) is 18.4 Å². The Labute approximate surface area is 114 Å². The van der Waals surface area contributed by atoms with E-state index < -0.39 is 5.60 Å². The number of nitrogens with one attached hydrogen (secondary N) is 1. The molecule has 1 amide bonds. The average Bonchev–Trinajstić information content (AvgIpc) is 2.48. The molecule has 0 saturated carbocycles. The number of hydrogen-bond acceptors (Lipinski definition) is 4. The molecular formula is C13H25NO3S. The highest BCUT2D eigenvalue weighted by molar-refractivity contribution is 7.99. The zero-order valence-electron chi connectivity index (χ0n) is 11.6. The van der Waals surface area contributed by atoms with E-state index in [0.717, 1.165) is 24.3 Å². The minimum absolute atomic E-state index is 0.210. The Kier molecular flexibility index (Phi) is 6.29. The van der Waals surface area contributed by atoms with Gasteiger partial charge in [0.05, 0.1) is 0 Å². The van der Waals surface area contributed by atoms with Crippen molar-refractivity contribution in [3.63, 3.8) is 0 Å². The number of amides is 1. The highest BCUT2D eigenvalue weighted by Crippen LogP contribution is 2.27. The van der Waals surface area contributed by atoms with E-state index in [1.54, 1.807) is 0 Å². The van der Waals surface area contributed by atoms with Crippen LogP contribution in [0.3, 0.4) is 0 Å². The standard InChI is InChI=1S/C13H25NO3S/c1-13(2,3)17-12(16)14-8-10-4-6-18-7-5-11(10)9-15/h10-11,15H,4-9H2,1-3H3,(H,14,16). The molecule has 0 spiro atoms. The first kappa shape index (κ1) is 15.6. The molecule has 4 nitrogen and oxygen atoms in total. The van der Waals surface area contributed by atoms with Gasteiger partial charge in [-0.2, -0.15) is 11.8 Å². The average molecular weight is 275 g/mol. The molecule has 2 N–H and O–H groups in total. The number of aliphatic hydroxyl groups is 1. The fraction of sp³-hybridized carbons (Fsp3) is 0.923. The molecule has 1 fully saturated rings. The van der Waals surface area contributed by atoms with Gasteiger partial charge < -0.3 is 15.2 Å². The van der Waals surface area contributed by atoms with E-state index >= 15 is 0 Å². The summed E-state index contributed by atoms with van der Waals surface area (Å²) < 4.78 is 5.21. The highest BCUT2D eigenvalue weighted by Gasteiger charge is 2.24. The van der Waals surface area contributed by atoms with Crippen LogP contribution in [0.15, 0.2) is 0 Å². The van der Waals surface area contributed by atoms with E-state index in [-0.39, 0.29) is 12.7 Å². The first-order valence-corrected chi connectivity index (χ1v) is 7.73. The van der Waals surface area contributed by atoms with E-state index in [2.05, 4.69) is 5.32 Å². The largest absolute Gasteiger partial charge is 0.444 e. The van der Waals surface area contributed by atoms with Gasteiger partial charge in [-0.15, -0.1) is 0 Å². The van der Waals surface area contributed by atoms with Gasteiger partial charge in [0.25, 0.3) is 0 Å². The van der Waals surface area contributed by atoms with Gasteiger partial charge in [0, 0.05) is 13.2 Å². The zero-order valence-corrected chi connectivity index (χ0v) is 12.4. The van der Waals surface area contributed by atoms with Gasteiger partial charge in [-0.05, 0) is 57.0 Å². The number of carbonyl (C=O) groups is 1. The Bertz CT molecular complexity index is 265. The molecule has 2 unspecified atom stereocenters. The third-order valence-electron chi connectivity index (χ3n) is 3.07. The van der Waals surface area contributed by atoms with Gasteiger partial charge in [0.2, 0.25) is 0 Å². The summed E-state index contributed by atoms with van der Waals surface area (Å²) in [6.45, 7) is 6.37. The monoisotopic (exact) mass is 275 g/mol. The number of thioether (sulfide) groups is 1. The minimum Gasteiger partial charge on any atom is -0.444 e. The third kappa shape index (κ3) is 5.96. The summed E-state index contributed by atoms with van der Waals surface area (Å²) in [5, 5.41) is 12.2. The van der Waals surface area contributed by atoms with Crippen molar-refractivity contribution < 1.29 is 14.6 Å². The van der Waals surface area contributed by atoms with E-state index in [9.17, 15) is 9.90 Å². The minimum atomic E-state index is -0.459. The number of aliphatic hydroxyl groups excluding tert-OH is 1. The molecule has 1 aliphatic heterocycles. The molecular weight excluding hydrogens is 250 g/mol. The second kappa shape index (κ2) is 7.24. The van der Waals surface area contributed by atoms with Crippen LogP contribution in [-0.2, 0) is 4.74 Å². The molecule has 1 rings (SSSR count). The summed E-state index contributed by atoms with van der Waals surface area (Å²) in [5.41, 5.74) is -0.459. The second-order valence-corrected chi connectivity index (χ2v) is 7.00. The van der Waals surface area contributed by atoms with Crippen molar-refractivity contribution in [1.29, 1.82) is 0 Å². The van der Waals surface area contributed by atoms with Gasteiger partial charge in [-0.3, -0.25) is 0 Å². The van der Waals surface area contributed by atoms with Crippen LogP contribution in [0.5, 0.6) is 0 Å². The lowest BCUT2D eigenvalue weighted by Crippen LogP contribution is -2.37. The lowest BCUT2D eigenvalue weighted by atomic mass is 9.88. The van der Waals surface area contributed by atoms with E-state index in [1.165, 1.54) is 0 Å². The summed E-state index contributed by atoms with van der Waals surface area (Å²) in [4.78, 5) is 11.6. The predicted octanol–water partition coefficient (Wildman–Crippen LogP) is 2.26. The fourth-order valence-electron chi connectivity index (χ4n) is 2.08. The fourth-order valence-corrected chi connectivity index (χ4v) is 3.22. The maximum absolute atomic E-state index is 11.6. The highest BCUT2D eigenvalue weighted by atomic mass is 32.2. The molecule has 1 heterocycles. The van der Waals surface area contributed by atoms with Gasteiger partial charge in [0.15, 0.2) is 0 Å². The Morgan fingerprint density at radius 3 is 2.50 bits per heavy atom. The van der Waals surface area contributed by atoms with Crippen molar-refractivity contribution >= 4 is 17.9 Å². The van der Waals surface area contributed by atoms with Crippen LogP contribution in [-0.4, -0.2) is 41.5 Å². The zero-order chi connectivity index (χ0) is 13.6. The maximum atomic E-state index is 11.6. The summed E-state index contributed by atoms with van der Waals surface area (Å²) in [6.07, 6.45) is 1.71. The van der Waals surface area contributed by atoms with E-state index in [1.807, 2.05) is 32.5 Å². The lowest BCUT2D eigenvalue weighted by Gasteiger charge is -2.25. The SMILES string of the molecule is CC(C)(C)OC(=O)NCC1CCSCCC1CO. The first-order chi connectivity index (χ1) is 8.42. The third-order valence-corrected chi connectivity index (χ3v) is 4.12. The van der Waals surface area contributed by atoms with Gasteiger partial charge in [0.1, 0.15) is 5.60 Å². The number of alkyl carbamates (subject to hydrolysis) is 1. The second-order valence-electron chi connectivity index (χ2n) is 5.78. The Morgan fingerprint density at radius 1 is 1.33 bits per heavy atom. The molecule has 0 aromatic heterocycles. The summed E-state index contributed by atoms with van der Waals surface area (Å²) in [7, 11) is 0. The molecule has 18 heavy (non-hydrogen) atoms. The van der Waals surface area contributed by atoms with Crippen molar-refractivity contribution in [2.24, 2.45) is 11.8 Å². The molecule has 0 aliphatic carbocycles. The lowest BCUT2D eigenvalue weighted by molar-refractivity contribution is 0.0505. The predicted molar refractivity (Wildman–Crippen MR) is 74.9 cm³/mol. The number of carbonyl (C=O) groups excluding carboxylic acids is 1. The number of hydrogen-bond donors (Lipinski definition) is 2. The summed E-state index contributed by atoms with van der Waals surface area (Å²) in [6, 6.07) is 0. The van der Waals surface area contributed by atoms with Crippen molar-refractivity contribution in [3.05, 3.63) is 0 Å². The van der Waals surface area contributed by atoms with E-state index in [4.69, 9.17) is 4.74 Å². The summed E-state index contributed by atoms with van der Waals surface area (Å²) >= 11 is 1.93. The molecule has 0 radical (unpaired) electrons. The van der Waals surface area contributed by atoms with Crippen LogP contribution in [0.1, 0.15) is 33.6 Å². The number of ether oxygens (including phenoxy) is 1. The molecule has 106 valence electrons. The quantitative estimate of drug-likeness (QED) is 0.829. The van der Waals surface area contributed by atoms with Crippen LogP contribution in [0.25, 0.3) is 0 Å². The molecule has 1 aliphatic rings. The van der Waals surface area contributed by atoms with Crippen LogP contribution in [0.2, 0.25) is 0 Å². The van der Waals surface area contributed by atoms with Crippen LogP contribution >= 0.6 is 11.8 Å². The number of rotatable bonds is 3. The maximum Gasteiger partial charge on any atom is 0.407 e. The molecule has 0 aromatic carbocycles. The molecule has 0 bridgehead atoms. The van der Waals surface area contributed by atoms with Crippen molar-refractivity contribution in [2.45, 2.75) is 39.2 Å². The van der Waals surface area contributed by atoms with Crippen LogP contribution < -0.4 is 5.32 Å². The van der Waals surface area contributed by atoms with Crippen LogP contribution in [0, 0.1) is 11.8 Å². The van der Waals surface area contributed by atoms with Gasteiger partial charge in [-0.25, -0.2) is 4.79 Å². The molecule has 2 atom stereocenters. The Morgan fingerprint density at radius 2 is 1.94 bits per heavy atom. The van der Waals surface area contributed by atoms with Crippen molar-refractivity contribution in [2.75, 3.05) is 24.7 Å². The van der Waals surface area contributed by atoms with Gasteiger partial charge in [-0.1, -0.05) is 0 Å².